The Balaban J connectivity index is 1.68. The summed E-state index contributed by atoms with van der Waals surface area (Å²) >= 11 is 0. The first-order valence-corrected chi connectivity index (χ1v) is 9.37. The van der Waals surface area contributed by atoms with Crippen molar-refractivity contribution < 1.29 is 19.1 Å². The summed E-state index contributed by atoms with van der Waals surface area (Å²) in [6.07, 6.45) is 3.61. The lowest BCUT2D eigenvalue weighted by atomic mass is 9.75. The lowest BCUT2D eigenvalue weighted by molar-refractivity contribution is -0.122. The molecule has 3 saturated heterocycles. The van der Waals surface area contributed by atoms with E-state index < -0.39 is 5.60 Å². The van der Waals surface area contributed by atoms with Crippen LogP contribution in [0.25, 0.3) is 0 Å². The number of carbonyl (C=O) groups is 2. The molecule has 3 aliphatic heterocycles. The summed E-state index contributed by atoms with van der Waals surface area (Å²) in [5.41, 5.74) is 1.74. The maximum absolute atomic E-state index is 13.4. The molecule has 5 heteroatoms. The van der Waals surface area contributed by atoms with Crippen LogP contribution in [0.5, 0.6) is 5.75 Å². The summed E-state index contributed by atoms with van der Waals surface area (Å²) in [6, 6.07) is 14.7. The zero-order valence-electron chi connectivity index (χ0n) is 15.1. The van der Waals surface area contributed by atoms with Gasteiger partial charge in [-0.1, -0.05) is 24.3 Å². The van der Waals surface area contributed by atoms with Gasteiger partial charge in [-0.2, -0.15) is 0 Å². The first kappa shape index (κ1) is 16.5. The molecule has 27 heavy (non-hydrogen) atoms. The molecule has 0 aromatic heterocycles. The first-order chi connectivity index (χ1) is 13.2. The molecule has 0 N–H and O–H groups in total. The van der Waals surface area contributed by atoms with Crippen molar-refractivity contribution in [2.45, 2.75) is 37.0 Å². The zero-order chi connectivity index (χ0) is 18.6. The maximum Gasteiger partial charge on any atom is 0.233 e. The zero-order valence-corrected chi connectivity index (χ0v) is 15.1. The summed E-state index contributed by atoms with van der Waals surface area (Å²) in [6.45, 7) is 0. The minimum absolute atomic E-state index is 0.0908. The molecule has 5 rings (SSSR count). The highest BCUT2D eigenvalue weighted by molar-refractivity contribution is 6.01. The van der Waals surface area contributed by atoms with E-state index in [2.05, 4.69) is 0 Å². The van der Waals surface area contributed by atoms with Crippen molar-refractivity contribution in [3.8, 4) is 5.75 Å². The van der Waals surface area contributed by atoms with Crippen LogP contribution < -0.4 is 9.64 Å². The maximum atomic E-state index is 13.4. The molecule has 2 aromatic rings. The summed E-state index contributed by atoms with van der Waals surface area (Å²) in [4.78, 5) is 27.0. The lowest BCUT2D eigenvalue weighted by Gasteiger charge is -2.35. The Morgan fingerprint density at radius 2 is 1.96 bits per heavy atom. The Bertz CT molecular complexity index is 909. The van der Waals surface area contributed by atoms with Crippen LogP contribution in [0.3, 0.4) is 0 Å². The Labute approximate surface area is 157 Å². The van der Waals surface area contributed by atoms with Gasteiger partial charge in [-0.15, -0.1) is 0 Å². The van der Waals surface area contributed by atoms with Crippen LogP contribution >= 0.6 is 0 Å². The second-order valence-electron chi connectivity index (χ2n) is 7.58. The number of benzene rings is 2. The van der Waals surface area contributed by atoms with Gasteiger partial charge in [-0.25, -0.2) is 0 Å². The van der Waals surface area contributed by atoms with Crippen molar-refractivity contribution in [2.24, 2.45) is 5.92 Å². The van der Waals surface area contributed by atoms with E-state index in [0.29, 0.717) is 5.56 Å². The Hall–Kier alpha value is -2.66. The monoisotopic (exact) mass is 363 g/mol. The van der Waals surface area contributed by atoms with Crippen molar-refractivity contribution in [3.05, 3.63) is 59.7 Å². The van der Waals surface area contributed by atoms with Gasteiger partial charge in [0.2, 0.25) is 5.91 Å². The lowest BCUT2D eigenvalue weighted by Crippen LogP contribution is -2.39. The van der Waals surface area contributed by atoms with Gasteiger partial charge in [0.25, 0.3) is 0 Å². The van der Waals surface area contributed by atoms with Crippen LogP contribution in [-0.4, -0.2) is 31.0 Å². The van der Waals surface area contributed by atoms with Crippen molar-refractivity contribution >= 4 is 17.9 Å². The quantitative estimate of drug-likeness (QED) is 0.780. The van der Waals surface area contributed by atoms with E-state index in [0.717, 1.165) is 42.5 Å². The second-order valence-corrected chi connectivity index (χ2v) is 7.58. The SMILES string of the molecule is COc1ccc(N2C(=O)[C@H]3C[C@@H]4CC[C@]3(O4)[C@@H]2c2ccccc2C=O)cc1. The standard InChI is InChI=1S/C22H21NO4/c1-26-16-8-6-15(7-9-16)23-20(18-5-3-2-4-14(18)13-24)22-11-10-17(27-22)12-19(22)21(23)25/h2-9,13,17,19-20H,10-12H2,1H3/t17-,19+,20-,22+/m0/s1. The molecule has 0 unspecified atom stereocenters. The molecule has 2 aromatic carbocycles. The van der Waals surface area contributed by atoms with Gasteiger partial charge >= 0.3 is 0 Å². The van der Waals surface area contributed by atoms with Crippen LogP contribution in [0.15, 0.2) is 48.5 Å². The first-order valence-electron chi connectivity index (χ1n) is 9.37. The van der Waals surface area contributed by atoms with E-state index in [1.807, 2.05) is 53.4 Å². The molecular formula is C22H21NO4. The molecule has 3 heterocycles. The largest absolute Gasteiger partial charge is 0.497 e. The van der Waals surface area contributed by atoms with Crippen molar-refractivity contribution in [1.29, 1.82) is 0 Å². The molecule has 2 bridgehead atoms. The van der Waals surface area contributed by atoms with Gasteiger partial charge < -0.3 is 14.4 Å². The average Bonchev–Trinajstić information content (AvgIpc) is 3.37. The summed E-state index contributed by atoms with van der Waals surface area (Å²) in [7, 11) is 1.62. The van der Waals surface area contributed by atoms with Gasteiger partial charge in [0.15, 0.2) is 0 Å². The number of carbonyl (C=O) groups excluding carboxylic acids is 2. The predicted molar refractivity (Wildman–Crippen MR) is 100.0 cm³/mol. The topological polar surface area (TPSA) is 55.8 Å². The number of methoxy groups -OCH3 is 1. The van der Waals surface area contributed by atoms with Gasteiger partial charge in [-0.05, 0) is 49.1 Å². The molecule has 3 aliphatic rings. The van der Waals surface area contributed by atoms with E-state index in [1.165, 1.54) is 0 Å². The fourth-order valence-corrected chi connectivity index (χ4v) is 5.20. The molecule has 0 aliphatic carbocycles. The third-order valence-electron chi connectivity index (χ3n) is 6.36. The smallest absolute Gasteiger partial charge is 0.233 e. The highest BCUT2D eigenvalue weighted by Gasteiger charge is 2.68. The number of amides is 1. The number of anilines is 1. The van der Waals surface area contributed by atoms with Crippen molar-refractivity contribution in [2.75, 3.05) is 12.0 Å². The normalized spacial score (nSPS) is 31.2. The molecule has 0 radical (unpaired) electrons. The van der Waals surface area contributed by atoms with Crippen LogP contribution in [0, 0.1) is 5.92 Å². The number of rotatable bonds is 4. The number of aldehydes is 1. The molecule has 138 valence electrons. The van der Waals surface area contributed by atoms with E-state index >= 15 is 0 Å². The number of nitrogens with zero attached hydrogens (tertiary/aromatic N) is 1. The third kappa shape index (κ3) is 2.21. The van der Waals surface area contributed by atoms with E-state index in [-0.39, 0.29) is 24.0 Å². The minimum atomic E-state index is -0.541. The van der Waals surface area contributed by atoms with E-state index in [1.54, 1.807) is 7.11 Å². The summed E-state index contributed by atoms with van der Waals surface area (Å²) in [5.74, 6) is 0.682. The summed E-state index contributed by atoms with van der Waals surface area (Å²) < 4.78 is 11.7. The second kappa shape index (κ2) is 5.92. The summed E-state index contributed by atoms with van der Waals surface area (Å²) in [5, 5.41) is 0. The Morgan fingerprint density at radius 3 is 2.67 bits per heavy atom. The highest BCUT2D eigenvalue weighted by Crippen LogP contribution is 2.61. The Morgan fingerprint density at radius 1 is 1.19 bits per heavy atom. The van der Waals surface area contributed by atoms with Crippen LogP contribution in [0.4, 0.5) is 5.69 Å². The fraction of sp³-hybridized carbons (Fsp3) is 0.364. The van der Waals surface area contributed by atoms with Crippen LogP contribution in [0.2, 0.25) is 0 Å². The van der Waals surface area contributed by atoms with Crippen molar-refractivity contribution in [1.82, 2.24) is 0 Å². The highest BCUT2D eigenvalue weighted by atomic mass is 16.5. The van der Waals surface area contributed by atoms with E-state index in [4.69, 9.17) is 9.47 Å². The molecule has 5 nitrogen and oxygen atoms in total. The third-order valence-corrected chi connectivity index (χ3v) is 6.36. The number of hydrogen-bond acceptors (Lipinski definition) is 4. The fourth-order valence-electron chi connectivity index (χ4n) is 5.20. The molecule has 1 spiro atoms. The average molecular weight is 363 g/mol. The van der Waals surface area contributed by atoms with Gasteiger partial charge in [-0.3, -0.25) is 9.59 Å². The molecule has 1 amide bonds. The molecule has 4 atom stereocenters. The Kier molecular flexibility index (Phi) is 3.62. The van der Waals surface area contributed by atoms with Gasteiger partial charge in [0.05, 0.1) is 25.2 Å². The van der Waals surface area contributed by atoms with Crippen LogP contribution in [-0.2, 0) is 9.53 Å². The van der Waals surface area contributed by atoms with Crippen molar-refractivity contribution in [3.63, 3.8) is 0 Å². The van der Waals surface area contributed by atoms with Crippen LogP contribution in [0.1, 0.15) is 41.2 Å². The number of fused-ring (bicyclic) bond motifs is 1. The molecular weight excluding hydrogens is 342 g/mol. The number of hydrogen-bond donors (Lipinski definition) is 0. The molecule has 3 fully saturated rings. The van der Waals surface area contributed by atoms with Gasteiger partial charge in [0, 0.05) is 11.3 Å². The predicted octanol–water partition coefficient (Wildman–Crippen LogP) is 3.53. The molecule has 0 saturated carbocycles. The minimum Gasteiger partial charge on any atom is -0.497 e. The van der Waals surface area contributed by atoms with Gasteiger partial charge in [0.1, 0.15) is 17.6 Å². The number of ether oxygens (including phenoxy) is 2. The van der Waals surface area contributed by atoms with E-state index in [9.17, 15) is 9.59 Å².